The Morgan fingerprint density at radius 1 is 0.943 bits per heavy atom. The van der Waals surface area contributed by atoms with Crippen LogP contribution in [0.15, 0.2) is 11.6 Å². The zero-order chi connectivity index (χ0) is 25.8. The molecule has 0 aliphatic heterocycles. The van der Waals surface area contributed by atoms with Gasteiger partial charge in [0, 0.05) is 6.61 Å². The maximum absolute atomic E-state index is 12.8. The fraction of sp³-hybridized carbons (Fsp3) is 0.900. The lowest BCUT2D eigenvalue weighted by atomic mass is 9.33. The van der Waals surface area contributed by atoms with Crippen molar-refractivity contribution in [3.63, 3.8) is 0 Å². The van der Waals surface area contributed by atoms with Gasteiger partial charge in [-0.3, -0.25) is 4.79 Å². The molecule has 0 aromatic carbocycles. The molecule has 0 amide bonds. The van der Waals surface area contributed by atoms with E-state index in [1.807, 2.05) is 0 Å². The predicted molar refractivity (Wildman–Crippen MR) is 135 cm³/mol. The minimum absolute atomic E-state index is 0.0121. The van der Waals surface area contributed by atoms with Crippen molar-refractivity contribution in [3.05, 3.63) is 11.6 Å². The van der Waals surface area contributed by atoms with Gasteiger partial charge in [-0.1, -0.05) is 53.2 Å². The van der Waals surface area contributed by atoms with Crippen molar-refractivity contribution in [2.75, 3.05) is 6.61 Å². The van der Waals surface area contributed by atoms with Gasteiger partial charge in [-0.25, -0.2) is 0 Å². The van der Waals surface area contributed by atoms with Crippen LogP contribution < -0.4 is 0 Å². The highest BCUT2D eigenvalue weighted by atomic mass is 16.4. The molecular weight excluding hydrogens is 440 g/mol. The average Bonchev–Trinajstić information content (AvgIpc) is 2.78. The summed E-state index contributed by atoms with van der Waals surface area (Å²) in [5.74, 6) is 0.0517. The third-order valence-electron chi connectivity index (χ3n) is 13.3. The minimum Gasteiger partial charge on any atom is -0.481 e. The molecule has 0 spiro atoms. The summed E-state index contributed by atoms with van der Waals surface area (Å²) in [6.45, 7) is 13.7. The molecule has 4 N–H and O–H groups in total. The van der Waals surface area contributed by atoms with Crippen LogP contribution in [0, 0.1) is 50.2 Å². The monoisotopic (exact) mass is 488 g/mol. The second kappa shape index (κ2) is 7.57. The van der Waals surface area contributed by atoms with E-state index < -0.39 is 23.6 Å². The van der Waals surface area contributed by atoms with Crippen molar-refractivity contribution in [1.29, 1.82) is 0 Å². The first-order valence-electron chi connectivity index (χ1n) is 14.0. The molecule has 0 aromatic heterocycles. The highest BCUT2D eigenvalue weighted by molar-refractivity contribution is 5.76. The molecule has 5 nitrogen and oxygen atoms in total. The van der Waals surface area contributed by atoms with E-state index in [-0.39, 0.29) is 39.6 Å². The lowest BCUT2D eigenvalue weighted by Crippen LogP contribution is -2.67. The van der Waals surface area contributed by atoms with E-state index in [1.165, 1.54) is 5.57 Å². The summed E-state index contributed by atoms with van der Waals surface area (Å²) in [5, 5.41) is 42.6. The normalized spacial score (nSPS) is 55.0. The number of rotatable bonds is 2. The Balaban J connectivity index is 1.60. The Labute approximate surface area is 211 Å². The topological polar surface area (TPSA) is 98.0 Å². The summed E-state index contributed by atoms with van der Waals surface area (Å²) < 4.78 is 0. The molecule has 5 rings (SSSR count). The van der Waals surface area contributed by atoms with Gasteiger partial charge in [0.2, 0.25) is 0 Å². The molecule has 5 heteroatoms. The van der Waals surface area contributed by atoms with Crippen LogP contribution >= 0.6 is 0 Å². The van der Waals surface area contributed by atoms with Crippen LogP contribution in [0.3, 0.4) is 0 Å². The average molecular weight is 489 g/mol. The summed E-state index contributed by atoms with van der Waals surface area (Å²) >= 11 is 0. The lowest BCUT2D eigenvalue weighted by Gasteiger charge is -2.71. The number of aliphatic carboxylic acids is 1. The molecule has 198 valence electrons. The number of carboxylic acid groups (broad SMARTS) is 1. The minimum atomic E-state index is -0.711. The molecule has 4 saturated carbocycles. The Kier molecular flexibility index (Phi) is 5.56. The molecule has 2 unspecified atom stereocenters. The van der Waals surface area contributed by atoms with Crippen molar-refractivity contribution in [1.82, 2.24) is 0 Å². The van der Waals surface area contributed by atoms with E-state index in [4.69, 9.17) is 0 Å². The van der Waals surface area contributed by atoms with E-state index in [1.54, 1.807) is 0 Å². The maximum atomic E-state index is 12.8. The van der Waals surface area contributed by atoms with Crippen molar-refractivity contribution in [3.8, 4) is 0 Å². The van der Waals surface area contributed by atoms with Crippen LogP contribution in [0.25, 0.3) is 0 Å². The van der Waals surface area contributed by atoms with E-state index in [9.17, 15) is 25.2 Å². The van der Waals surface area contributed by atoms with Crippen LogP contribution in [0.1, 0.15) is 99.3 Å². The lowest BCUT2D eigenvalue weighted by molar-refractivity contribution is -0.232. The van der Waals surface area contributed by atoms with Gasteiger partial charge < -0.3 is 20.4 Å². The van der Waals surface area contributed by atoms with Gasteiger partial charge >= 0.3 is 5.97 Å². The van der Waals surface area contributed by atoms with Crippen molar-refractivity contribution in [2.45, 2.75) is 112 Å². The standard InChI is InChI=1S/C30H48O5/c1-25(2)21-9-10-29(6)22(27(21,4)16-20(32)23(25)33)8-7-18-19-15-26(3,17-31)11-13-30(19,24(34)35)14-12-28(18,29)5/h7,19-23,31-33H,8-17H2,1-6H3,(H,34,35)/t19-,20+,21?,22-,23+,26?,27+,28-,29-,30+/m1/s1. The molecule has 5 aliphatic rings. The maximum Gasteiger partial charge on any atom is 0.310 e. The molecule has 0 bridgehead atoms. The highest BCUT2D eigenvalue weighted by Crippen LogP contribution is 2.75. The van der Waals surface area contributed by atoms with Crippen molar-refractivity contribution >= 4 is 5.97 Å². The van der Waals surface area contributed by atoms with Gasteiger partial charge in [0.1, 0.15) is 0 Å². The second-order valence-corrected chi connectivity index (χ2v) is 15.0. The van der Waals surface area contributed by atoms with Crippen LogP contribution in [0.4, 0.5) is 0 Å². The third-order valence-corrected chi connectivity index (χ3v) is 13.3. The van der Waals surface area contributed by atoms with Crippen LogP contribution in [0.2, 0.25) is 0 Å². The van der Waals surface area contributed by atoms with E-state index >= 15 is 0 Å². The Hall–Kier alpha value is -0.910. The van der Waals surface area contributed by atoms with Gasteiger partial charge in [0.25, 0.3) is 0 Å². The van der Waals surface area contributed by atoms with Gasteiger partial charge in [0.15, 0.2) is 0 Å². The first-order chi connectivity index (χ1) is 16.1. The molecule has 0 aromatic rings. The first-order valence-corrected chi connectivity index (χ1v) is 14.0. The number of aliphatic hydroxyl groups is 3. The quantitative estimate of drug-likeness (QED) is 0.402. The summed E-state index contributed by atoms with van der Waals surface area (Å²) in [6.07, 6.45) is 8.42. The van der Waals surface area contributed by atoms with E-state index in [2.05, 4.69) is 47.6 Å². The summed E-state index contributed by atoms with van der Waals surface area (Å²) in [4.78, 5) is 12.8. The number of carbonyl (C=O) groups is 1. The molecule has 5 aliphatic carbocycles. The summed E-state index contributed by atoms with van der Waals surface area (Å²) in [7, 11) is 0. The fourth-order valence-corrected chi connectivity index (χ4v) is 10.8. The van der Waals surface area contributed by atoms with Gasteiger partial charge in [-0.2, -0.15) is 0 Å². The molecule has 0 heterocycles. The van der Waals surface area contributed by atoms with Gasteiger partial charge in [-0.15, -0.1) is 0 Å². The number of allylic oxidation sites excluding steroid dienone is 2. The smallest absolute Gasteiger partial charge is 0.310 e. The molecule has 4 fully saturated rings. The van der Waals surface area contributed by atoms with Crippen molar-refractivity contribution in [2.24, 2.45) is 50.2 Å². The van der Waals surface area contributed by atoms with Crippen molar-refractivity contribution < 1.29 is 25.2 Å². The highest BCUT2D eigenvalue weighted by Gasteiger charge is 2.70. The Morgan fingerprint density at radius 3 is 2.23 bits per heavy atom. The number of carboxylic acids is 1. The second-order valence-electron chi connectivity index (χ2n) is 15.0. The third kappa shape index (κ3) is 3.07. The SMILES string of the molecule is CC1(CO)CC[C@]2(C(=O)O)CC[C@]3(C)C(=CC[C@@H]4[C@@]5(C)C[C@H](O)[C@H](O)C(C)(C)C5CC[C@]43C)[C@H]2C1. The summed E-state index contributed by atoms with van der Waals surface area (Å²) in [6, 6.07) is 0. The van der Waals surface area contributed by atoms with E-state index in [0.29, 0.717) is 31.1 Å². The summed E-state index contributed by atoms with van der Waals surface area (Å²) in [5.41, 5.74) is -0.0781. The molecule has 10 atom stereocenters. The zero-order valence-electron chi connectivity index (χ0n) is 22.7. The molecule has 35 heavy (non-hydrogen) atoms. The zero-order valence-corrected chi connectivity index (χ0v) is 22.7. The van der Waals surface area contributed by atoms with Crippen LogP contribution in [-0.2, 0) is 4.79 Å². The first kappa shape index (κ1) is 25.7. The van der Waals surface area contributed by atoms with E-state index in [0.717, 1.165) is 38.5 Å². The molecule has 0 radical (unpaired) electrons. The van der Waals surface area contributed by atoms with Crippen LogP contribution in [-0.4, -0.2) is 45.2 Å². The molecule has 0 saturated heterocycles. The van der Waals surface area contributed by atoms with Gasteiger partial charge in [-0.05, 0) is 103 Å². The largest absolute Gasteiger partial charge is 0.481 e. The molecular formula is C30H48O5. The number of hydrogen-bond donors (Lipinski definition) is 4. The Bertz CT molecular complexity index is 941. The van der Waals surface area contributed by atoms with Gasteiger partial charge in [0.05, 0.1) is 17.6 Å². The predicted octanol–water partition coefficient (Wildman–Crippen LogP) is 5.18. The fourth-order valence-electron chi connectivity index (χ4n) is 10.8. The number of hydrogen-bond acceptors (Lipinski definition) is 4. The number of fused-ring (bicyclic) bond motifs is 7. The Morgan fingerprint density at radius 2 is 1.60 bits per heavy atom. The van der Waals surface area contributed by atoms with Crippen LogP contribution in [0.5, 0.6) is 0 Å². The number of aliphatic hydroxyl groups excluding tert-OH is 3.